The van der Waals surface area contributed by atoms with Crippen LogP contribution in [0.1, 0.15) is 34.1 Å². The molecule has 0 aromatic heterocycles. The van der Waals surface area contributed by atoms with Gasteiger partial charge in [0.25, 0.3) is 0 Å². The van der Waals surface area contributed by atoms with Gasteiger partial charge in [-0.2, -0.15) is 0 Å². The summed E-state index contributed by atoms with van der Waals surface area (Å²) in [5.74, 6) is 0. The van der Waals surface area contributed by atoms with E-state index in [0.717, 1.165) is 6.42 Å². The van der Waals surface area contributed by atoms with Gasteiger partial charge in [0.15, 0.2) is 0 Å². The molecule has 2 unspecified atom stereocenters. The fourth-order valence-corrected chi connectivity index (χ4v) is 1.38. The first-order valence-corrected chi connectivity index (χ1v) is 4.21. The lowest BCUT2D eigenvalue weighted by atomic mass is 9.84. The molecule has 2 nitrogen and oxygen atoms in total. The van der Waals surface area contributed by atoms with Gasteiger partial charge in [-0.05, 0) is 11.8 Å². The van der Waals surface area contributed by atoms with Crippen LogP contribution in [0, 0.1) is 5.41 Å². The molecule has 2 atom stereocenters. The van der Waals surface area contributed by atoms with Crippen LogP contribution in [-0.4, -0.2) is 19.3 Å². The van der Waals surface area contributed by atoms with E-state index in [1.54, 1.807) is 7.11 Å². The van der Waals surface area contributed by atoms with Crippen molar-refractivity contribution in [3.05, 3.63) is 0 Å². The van der Waals surface area contributed by atoms with Crippen molar-refractivity contribution in [1.29, 1.82) is 0 Å². The van der Waals surface area contributed by atoms with E-state index in [1.165, 1.54) is 0 Å². The molecule has 0 aromatic rings. The van der Waals surface area contributed by atoms with E-state index >= 15 is 0 Å². The summed E-state index contributed by atoms with van der Waals surface area (Å²) in [4.78, 5) is 0. The lowest BCUT2D eigenvalue weighted by Gasteiger charge is -2.33. The normalized spacial score (nSPS) is 18.0. The second-order valence-corrected chi connectivity index (χ2v) is 4.09. The third-order valence-corrected chi connectivity index (χ3v) is 1.97. The summed E-state index contributed by atoms with van der Waals surface area (Å²) in [5.41, 5.74) is 6.03. The van der Waals surface area contributed by atoms with Gasteiger partial charge < -0.3 is 10.5 Å². The molecule has 2 heteroatoms. The van der Waals surface area contributed by atoms with Crippen molar-refractivity contribution in [3.8, 4) is 0 Å². The van der Waals surface area contributed by atoms with Gasteiger partial charge >= 0.3 is 0 Å². The second kappa shape index (κ2) is 4.07. The molecule has 0 aromatic carbocycles. The number of hydrogen-bond acceptors (Lipinski definition) is 2. The SMILES string of the molecule is CCC(N)C(OC)C(C)(C)C. The molecule has 0 heterocycles. The zero-order chi connectivity index (χ0) is 9.07. The topological polar surface area (TPSA) is 35.2 Å². The standard InChI is InChI=1S/C9H21NO/c1-6-7(10)8(11-5)9(2,3)4/h7-8H,6,10H2,1-5H3. The Morgan fingerprint density at radius 3 is 1.91 bits per heavy atom. The summed E-state index contributed by atoms with van der Waals surface area (Å²) < 4.78 is 5.34. The zero-order valence-electron chi connectivity index (χ0n) is 8.35. The Kier molecular flexibility index (Phi) is 4.04. The van der Waals surface area contributed by atoms with Crippen molar-refractivity contribution in [2.75, 3.05) is 7.11 Å². The minimum Gasteiger partial charge on any atom is -0.379 e. The lowest BCUT2D eigenvalue weighted by Crippen LogP contribution is -2.44. The van der Waals surface area contributed by atoms with E-state index in [0.29, 0.717) is 0 Å². The van der Waals surface area contributed by atoms with Crippen molar-refractivity contribution in [2.24, 2.45) is 11.1 Å². The Morgan fingerprint density at radius 2 is 1.82 bits per heavy atom. The molecule has 0 spiro atoms. The van der Waals surface area contributed by atoms with Crippen LogP contribution in [0.3, 0.4) is 0 Å². The molecule has 0 aliphatic carbocycles. The Labute approximate surface area is 70.1 Å². The van der Waals surface area contributed by atoms with E-state index in [9.17, 15) is 0 Å². The van der Waals surface area contributed by atoms with Crippen LogP contribution in [0.2, 0.25) is 0 Å². The molecule has 0 fully saturated rings. The van der Waals surface area contributed by atoms with Gasteiger partial charge in [-0.25, -0.2) is 0 Å². The van der Waals surface area contributed by atoms with Crippen LogP contribution in [0.4, 0.5) is 0 Å². The molecular formula is C9H21NO. The fraction of sp³-hybridized carbons (Fsp3) is 1.00. The molecule has 0 aliphatic heterocycles. The van der Waals surface area contributed by atoms with E-state index in [4.69, 9.17) is 10.5 Å². The highest BCUT2D eigenvalue weighted by atomic mass is 16.5. The van der Waals surface area contributed by atoms with Crippen molar-refractivity contribution >= 4 is 0 Å². The predicted molar refractivity (Wildman–Crippen MR) is 48.5 cm³/mol. The van der Waals surface area contributed by atoms with Crippen LogP contribution in [0.5, 0.6) is 0 Å². The highest BCUT2D eigenvalue weighted by molar-refractivity contribution is 4.82. The molecule has 0 saturated heterocycles. The first kappa shape index (κ1) is 10.9. The highest BCUT2D eigenvalue weighted by Gasteiger charge is 2.28. The van der Waals surface area contributed by atoms with Crippen LogP contribution in [0.15, 0.2) is 0 Å². The second-order valence-electron chi connectivity index (χ2n) is 4.09. The largest absolute Gasteiger partial charge is 0.379 e. The number of rotatable bonds is 3. The number of hydrogen-bond donors (Lipinski definition) is 1. The minimum atomic E-state index is 0.143. The van der Waals surface area contributed by atoms with Gasteiger partial charge in [-0.1, -0.05) is 27.7 Å². The Bertz CT molecular complexity index is 107. The molecule has 0 rings (SSSR count). The van der Waals surface area contributed by atoms with E-state index < -0.39 is 0 Å². The summed E-state index contributed by atoms with van der Waals surface area (Å²) in [5, 5.41) is 0. The van der Waals surface area contributed by atoms with Gasteiger partial charge in [-0.15, -0.1) is 0 Å². The molecule has 0 bridgehead atoms. The average Bonchev–Trinajstić information content (AvgIpc) is 1.86. The molecule has 0 aliphatic rings. The molecule has 0 radical (unpaired) electrons. The molecule has 11 heavy (non-hydrogen) atoms. The first-order valence-electron chi connectivity index (χ1n) is 4.21. The quantitative estimate of drug-likeness (QED) is 0.681. The van der Waals surface area contributed by atoms with Crippen LogP contribution < -0.4 is 5.73 Å². The third-order valence-electron chi connectivity index (χ3n) is 1.97. The van der Waals surface area contributed by atoms with Crippen molar-refractivity contribution < 1.29 is 4.74 Å². The van der Waals surface area contributed by atoms with Crippen LogP contribution >= 0.6 is 0 Å². The molecule has 0 saturated carbocycles. The lowest BCUT2D eigenvalue weighted by molar-refractivity contribution is -0.00252. The Hall–Kier alpha value is -0.0800. The van der Waals surface area contributed by atoms with Crippen molar-refractivity contribution in [1.82, 2.24) is 0 Å². The minimum absolute atomic E-state index is 0.143. The predicted octanol–water partition coefficient (Wildman–Crippen LogP) is 1.78. The molecular weight excluding hydrogens is 138 g/mol. The summed E-state index contributed by atoms with van der Waals surface area (Å²) in [6.07, 6.45) is 1.13. The van der Waals surface area contributed by atoms with Gasteiger partial charge in [0.1, 0.15) is 0 Å². The van der Waals surface area contributed by atoms with Crippen LogP contribution in [0.25, 0.3) is 0 Å². The van der Waals surface area contributed by atoms with Gasteiger partial charge in [0.05, 0.1) is 6.10 Å². The van der Waals surface area contributed by atoms with Gasteiger partial charge in [-0.3, -0.25) is 0 Å². The summed E-state index contributed by atoms with van der Waals surface area (Å²) in [6.45, 7) is 8.53. The average molecular weight is 159 g/mol. The first-order chi connectivity index (χ1) is 4.93. The maximum atomic E-state index is 5.89. The number of ether oxygens (including phenoxy) is 1. The molecule has 68 valence electrons. The summed E-state index contributed by atoms with van der Waals surface area (Å²) in [7, 11) is 1.73. The van der Waals surface area contributed by atoms with Crippen molar-refractivity contribution in [3.63, 3.8) is 0 Å². The van der Waals surface area contributed by atoms with E-state index in [2.05, 4.69) is 27.7 Å². The Balaban J connectivity index is 4.16. The Morgan fingerprint density at radius 1 is 1.36 bits per heavy atom. The van der Waals surface area contributed by atoms with Crippen molar-refractivity contribution in [2.45, 2.75) is 46.3 Å². The number of methoxy groups -OCH3 is 1. The monoisotopic (exact) mass is 159 g/mol. The maximum Gasteiger partial charge on any atom is 0.0770 e. The van der Waals surface area contributed by atoms with E-state index in [1.807, 2.05) is 0 Å². The third kappa shape index (κ3) is 3.21. The fourth-order valence-electron chi connectivity index (χ4n) is 1.38. The number of nitrogens with two attached hydrogens (primary N) is 1. The van der Waals surface area contributed by atoms with Gasteiger partial charge in [0, 0.05) is 13.2 Å². The smallest absolute Gasteiger partial charge is 0.0770 e. The highest BCUT2D eigenvalue weighted by Crippen LogP contribution is 2.24. The van der Waals surface area contributed by atoms with E-state index in [-0.39, 0.29) is 17.6 Å². The molecule has 0 amide bonds. The van der Waals surface area contributed by atoms with Crippen LogP contribution in [-0.2, 0) is 4.74 Å². The summed E-state index contributed by atoms with van der Waals surface area (Å²) in [6, 6.07) is 0.153. The maximum absolute atomic E-state index is 5.89. The summed E-state index contributed by atoms with van der Waals surface area (Å²) >= 11 is 0. The van der Waals surface area contributed by atoms with Gasteiger partial charge in [0.2, 0.25) is 0 Å². The molecule has 2 N–H and O–H groups in total. The zero-order valence-corrected chi connectivity index (χ0v) is 8.35.